The van der Waals surface area contributed by atoms with Gasteiger partial charge in [0, 0.05) is 23.0 Å². The average Bonchev–Trinajstić information content (AvgIpc) is 3.84. The molecular weight excluding hydrogens is 779 g/mol. The van der Waals surface area contributed by atoms with E-state index in [-0.39, 0.29) is 0 Å². The second-order valence-corrected chi connectivity index (χ2v) is 16.8. The quantitative estimate of drug-likeness (QED) is 0.167. The number of hydrogen-bond acceptors (Lipinski definition) is 3. The Morgan fingerprint density at radius 1 is 0.281 bits per heavy atom. The number of benzene rings is 10. The van der Waals surface area contributed by atoms with Crippen molar-refractivity contribution in [2.75, 3.05) is 4.90 Å². The van der Waals surface area contributed by atoms with E-state index in [0.717, 1.165) is 45.1 Å². The van der Waals surface area contributed by atoms with Gasteiger partial charge in [-0.05, 0) is 121 Å². The molecule has 1 spiro atoms. The predicted molar refractivity (Wildman–Crippen MR) is 260 cm³/mol. The van der Waals surface area contributed by atoms with Crippen molar-refractivity contribution in [3.05, 3.63) is 259 Å². The summed E-state index contributed by atoms with van der Waals surface area (Å²) in [4.78, 5) is 2.30. The summed E-state index contributed by atoms with van der Waals surface area (Å²) in [5, 5.41) is 0. The van der Waals surface area contributed by atoms with Gasteiger partial charge in [-0.25, -0.2) is 0 Å². The molecule has 3 heteroatoms. The van der Waals surface area contributed by atoms with Gasteiger partial charge in [0.15, 0.2) is 23.0 Å². The van der Waals surface area contributed by atoms with Crippen molar-refractivity contribution in [3.63, 3.8) is 0 Å². The Kier molecular flexibility index (Phi) is 8.13. The summed E-state index contributed by atoms with van der Waals surface area (Å²) < 4.78 is 14.2. The molecule has 0 N–H and O–H groups in total. The molecule has 3 aliphatic rings. The van der Waals surface area contributed by atoms with Crippen molar-refractivity contribution >= 4 is 17.1 Å². The van der Waals surface area contributed by atoms with Crippen molar-refractivity contribution < 1.29 is 9.47 Å². The van der Waals surface area contributed by atoms with Crippen molar-refractivity contribution in [2.24, 2.45) is 0 Å². The van der Waals surface area contributed by atoms with E-state index in [4.69, 9.17) is 9.47 Å². The van der Waals surface area contributed by atoms with Crippen LogP contribution in [0.4, 0.5) is 17.1 Å². The number of nitrogens with zero attached hydrogens (tertiary/aromatic N) is 1. The predicted octanol–water partition coefficient (Wildman–Crippen LogP) is 16.4. The van der Waals surface area contributed by atoms with Crippen molar-refractivity contribution in [1.29, 1.82) is 0 Å². The molecule has 0 fully saturated rings. The van der Waals surface area contributed by atoms with Gasteiger partial charge in [0.25, 0.3) is 0 Å². The molecule has 1 aliphatic heterocycles. The highest BCUT2D eigenvalue weighted by Gasteiger charge is 2.54. The highest BCUT2D eigenvalue weighted by Crippen LogP contribution is 2.67. The molecule has 2 aliphatic carbocycles. The highest BCUT2D eigenvalue weighted by atomic mass is 16.6. The summed E-state index contributed by atoms with van der Waals surface area (Å²) in [6, 6.07) is 84.6. The van der Waals surface area contributed by atoms with Crippen molar-refractivity contribution in [2.45, 2.75) is 5.41 Å². The van der Waals surface area contributed by atoms with Crippen LogP contribution in [-0.4, -0.2) is 0 Å². The summed E-state index contributed by atoms with van der Waals surface area (Å²) in [6.45, 7) is 0. The Labute approximate surface area is 372 Å². The minimum atomic E-state index is -0.556. The number of ether oxygens (including phenoxy) is 2. The first-order valence-corrected chi connectivity index (χ1v) is 21.9. The van der Waals surface area contributed by atoms with Gasteiger partial charge in [0.05, 0.1) is 11.1 Å². The molecule has 3 nitrogen and oxygen atoms in total. The molecule has 0 radical (unpaired) electrons. The molecule has 0 saturated heterocycles. The Morgan fingerprint density at radius 2 is 0.750 bits per heavy atom. The summed E-state index contributed by atoms with van der Waals surface area (Å²) in [7, 11) is 0. The van der Waals surface area contributed by atoms with Crippen LogP contribution in [0.15, 0.2) is 237 Å². The van der Waals surface area contributed by atoms with Gasteiger partial charge in [0.2, 0.25) is 0 Å². The molecule has 0 aromatic heterocycles. The first kappa shape index (κ1) is 36.3. The van der Waals surface area contributed by atoms with Crippen molar-refractivity contribution in [3.8, 4) is 78.6 Å². The van der Waals surface area contributed by atoms with Gasteiger partial charge in [-0.2, -0.15) is 0 Å². The van der Waals surface area contributed by atoms with Crippen LogP contribution in [0.5, 0.6) is 23.0 Å². The summed E-state index contributed by atoms with van der Waals surface area (Å²) >= 11 is 0. The van der Waals surface area contributed by atoms with E-state index < -0.39 is 5.41 Å². The Morgan fingerprint density at radius 3 is 1.41 bits per heavy atom. The Balaban J connectivity index is 0.931. The van der Waals surface area contributed by atoms with E-state index in [9.17, 15) is 0 Å². The van der Waals surface area contributed by atoms with Crippen LogP contribution in [-0.2, 0) is 5.41 Å². The monoisotopic (exact) mass is 817 g/mol. The normalized spacial score (nSPS) is 13.1. The van der Waals surface area contributed by atoms with Gasteiger partial charge in [-0.1, -0.05) is 182 Å². The van der Waals surface area contributed by atoms with E-state index in [1.165, 1.54) is 55.6 Å². The van der Waals surface area contributed by atoms with Crippen LogP contribution in [0.3, 0.4) is 0 Å². The summed E-state index contributed by atoms with van der Waals surface area (Å²) in [6.07, 6.45) is 0. The van der Waals surface area contributed by atoms with Crippen molar-refractivity contribution in [1.82, 2.24) is 0 Å². The number of hydrogen-bond donors (Lipinski definition) is 0. The van der Waals surface area contributed by atoms with Gasteiger partial charge >= 0.3 is 0 Å². The maximum absolute atomic E-state index is 7.16. The third kappa shape index (κ3) is 5.47. The topological polar surface area (TPSA) is 21.7 Å². The maximum Gasteiger partial charge on any atom is 0.175 e. The van der Waals surface area contributed by atoms with E-state index in [1.807, 2.05) is 0 Å². The third-order valence-corrected chi connectivity index (χ3v) is 13.3. The zero-order valence-corrected chi connectivity index (χ0v) is 34.8. The largest absolute Gasteiger partial charge is 0.449 e. The van der Waals surface area contributed by atoms with E-state index in [2.05, 4.69) is 241 Å². The van der Waals surface area contributed by atoms with Crippen LogP contribution in [0, 0.1) is 0 Å². The Hall–Kier alpha value is -8.40. The number of fused-ring (bicyclic) bond motifs is 13. The van der Waals surface area contributed by atoms with Gasteiger partial charge < -0.3 is 14.4 Å². The Bertz CT molecular complexity index is 3380. The first-order chi connectivity index (χ1) is 31.7. The fraction of sp³-hybridized carbons (Fsp3) is 0.0164. The molecule has 0 amide bonds. The molecule has 64 heavy (non-hydrogen) atoms. The van der Waals surface area contributed by atoms with E-state index in [1.54, 1.807) is 0 Å². The molecule has 1 heterocycles. The molecule has 0 saturated carbocycles. The molecule has 0 bridgehead atoms. The zero-order chi connectivity index (χ0) is 42.2. The van der Waals surface area contributed by atoms with E-state index >= 15 is 0 Å². The molecule has 0 atom stereocenters. The lowest BCUT2D eigenvalue weighted by Gasteiger charge is -2.33. The first-order valence-electron chi connectivity index (χ1n) is 21.9. The third-order valence-electron chi connectivity index (χ3n) is 13.3. The number of rotatable bonds is 6. The zero-order valence-electron chi connectivity index (χ0n) is 34.8. The van der Waals surface area contributed by atoms with Crippen LogP contribution >= 0.6 is 0 Å². The molecule has 10 aromatic carbocycles. The van der Waals surface area contributed by atoms with Crippen LogP contribution < -0.4 is 14.4 Å². The SMILES string of the molecule is c1ccc(-c2ccc(N(c3cccc(-c4cccc(-c5ccccc5)c4)c3)c3ccc4c(c3)Oc3ccc5c(c3O4)C3(c4ccccc4-c4ccccc43)c3ccccc3-5)cc2)cc1. The lowest BCUT2D eigenvalue weighted by molar-refractivity contribution is 0.355. The lowest BCUT2D eigenvalue weighted by atomic mass is 9.70. The number of anilines is 3. The molecule has 0 unspecified atom stereocenters. The van der Waals surface area contributed by atoms with Crippen LogP contribution in [0.25, 0.3) is 55.6 Å². The average molecular weight is 818 g/mol. The van der Waals surface area contributed by atoms with Gasteiger partial charge in [0.1, 0.15) is 0 Å². The minimum Gasteiger partial charge on any atom is -0.449 e. The van der Waals surface area contributed by atoms with Gasteiger partial charge in [-0.15, -0.1) is 0 Å². The second kappa shape index (κ2) is 14.3. The summed E-state index contributed by atoms with van der Waals surface area (Å²) in [5.74, 6) is 2.82. The molecule has 13 rings (SSSR count). The standard InChI is InChI=1S/C61H39NO2/c1-3-15-40(16-4-1)42-29-31-46(32-30-42)62(47-22-14-21-45(38-47)44-20-13-19-43(37-44)41-17-5-2-6-18-41)48-33-35-56-58(39-48)63-57-36-34-52-51-25-9-12-28-55(51)61(59(52)60(57)64-56)53-26-10-7-23-49(53)50-24-8-11-27-54(50)61/h1-39H. The molecule has 10 aromatic rings. The molecule has 300 valence electrons. The highest BCUT2D eigenvalue weighted by molar-refractivity contribution is 5.97. The van der Waals surface area contributed by atoms with E-state index in [0.29, 0.717) is 17.2 Å². The molecular formula is C61H39NO2. The smallest absolute Gasteiger partial charge is 0.175 e. The van der Waals surface area contributed by atoms with Crippen LogP contribution in [0.1, 0.15) is 22.3 Å². The minimum absolute atomic E-state index is 0.556. The van der Waals surface area contributed by atoms with Crippen LogP contribution in [0.2, 0.25) is 0 Å². The van der Waals surface area contributed by atoms with Gasteiger partial charge in [-0.3, -0.25) is 0 Å². The summed E-state index contributed by atoms with van der Waals surface area (Å²) in [5.41, 5.74) is 19.3. The maximum atomic E-state index is 7.16. The fourth-order valence-electron chi connectivity index (χ4n) is 10.6. The second-order valence-electron chi connectivity index (χ2n) is 16.8. The lowest BCUT2D eigenvalue weighted by Crippen LogP contribution is -2.26. The fourth-order valence-corrected chi connectivity index (χ4v) is 10.6.